The van der Waals surface area contributed by atoms with E-state index in [9.17, 15) is 14.4 Å². The minimum atomic E-state index is -1.29. The highest BCUT2D eigenvalue weighted by atomic mass is 35.5. The molecule has 0 radical (unpaired) electrons. The van der Waals surface area contributed by atoms with Crippen LogP contribution in [0.4, 0.5) is 4.79 Å². The van der Waals surface area contributed by atoms with Crippen molar-refractivity contribution >= 4 is 41.0 Å². The fraction of sp³-hybridized carbons (Fsp3) is 0.167. The van der Waals surface area contributed by atoms with Gasteiger partial charge in [0, 0.05) is 21.2 Å². The van der Waals surface area contributed by atoms with E-state index in [2.05, 4.69) is 5.32 Å². The maximum absolute atomic E-state index is 12.9. The Morgan fingerprint density at radius 3 is 2.38 bits per heavy atom. The molecule has 134 valence electrons. The van der Waals surface area contributed by atoms with E-state index in [0.717, 1.165) is 4.90 Å². The van der Waals surface area contributed by atoms with Crippen molar-refractivity contribution in [1.82, 2.24) is 10.2 Å². The summed E-state index contributed by atoms with van der Waals surface area (Å²) in [6.07, 6.45) is 0. The van der Waals surface area contributed by atoms with Gasteiger partial charge in [0.25, 0.3) is 5.91 Å². The van der Waals surface area contributed by atoms with E-state index in [1.807, 2.05) is 0 Å². The van der Waals surface area contributed by atoms with E-state index >= 15 is 0 Å². The van der Waals surface area contributed by atoms with E-state index in [0.29, 0.717) is 26.7 Å². The van der Waals surface area contributed by atoms with Gasteiger partial charge >= 0.3 is 6.03 Å². The van der Waals surface area contributed by atoms with Crippen LogP contribution >= 0.6 is 23.2 Å². The predicted octanol–water partition coefficient (Wildman–Crippen LogP) is 3.06. The number of rotatable bonds is 4. The van der Waals surface area contributed by atoms with E-state index in [1.54, 1.807) is 43.3 Å². The van der Waals surface area contributed by atoms with Crippen LogP contribution < -0.4 is 11.1 Å². The van der Waals surface area contributed by atoms with Crippen molar-refractivity contribution in [3.8, 4) is 0 Å². The molecule has 1 saturated heterocycles. The second-order valence-corrected chi connectivity index (χ2v) is 6.98. The zero-order valence-electron chi connectivity index (χ0n) is 13.8. The Labute approximate surface area is 159 Å². The molecule has 1 atom stereocenters. The SMILES string of the molecule is CC1(c2ccc(Cl)cc2Cl)NC(=O)N(Cc2ccc(C(N)=O)cc2)C1=O. The van der Waals surface area contributed by atoms with Crippen molar-refractivity contribution < 1.29 is 14.4 Å². The highest BCUT2D eigenvalue weighted by molar-refractivity contribution is 6.35. The van der Waals surface area contributed by atoms with Gasteiger partial charge in [-0.25, -0.2) is 4.79 Å². The summed E-state index contributed by atoms with van der Waals surface area (Å²) in [6, 6.07) is 10.6. The van der Waals surface area contributed by atoms with Crippen molar-refractivity contribution in [3.05, 3.63) is 69.2 Å². The molecule has 26 heavy (non-hydrogen) atoms. The van der Waals surface area contributed by atoms with E-state index < -0.39 is 23.4 Å². The van der Waals surface area contributed by atoms with E-state index in [-0.39, 0.29) is 6.54 Å². The third-order valence-corrected chi connectivity index (χ3v) is 4.87. The van der Waals surface area contributed by atoms with Gasteiger partial charge in [-0.1, -0.05) is 41.4 Å². The van der Waals surface area contributed by atoms with E-state index in [4.69, 9.17) is 28.9 Å². The van der Waals surface area contributed by atoms with Gasteiger partial charge in [0.1, 0.15) is 5.54 Å². The van der Waals surface area contributed by atoms with Gasteiger partial charge < -0.3 is 11.1 Å². The number of nitrogens with zero attached hydrogens (tertiary/aromatic N) is 1. The first-order valence-corrected chi connectivity index (χ1v) is 8.46. The van der Waals surface area contributed by atoms with Gasteiger partial charge in [0.2, 0.25) is 5.91 Å². The first-order valence-electron chi connectivity index (χ1n) is 7.71. The van der Waals surface area contributed by atoms with Crippen LogP contribution in [-0.2, 0) is 16.9 Å². The molecule has 3 rings (SSSR count). The average molecular weight is 392 g/mol. The number of benzene rings is 2. The van der Waals surface area contributed by atoms with Crippen LogP contribution in [0.25, 0.3) is 0 Å². The number of amides is 4. The lowest BCUT2D eigenvalue weighted by atomic mass is 9.92. The standard InChI is InChI=1S/C18H15Cl2N3O3/c1-18(13-7-6-12(19)8-14(13)20)16(25)23(17(26)22-18)9-10-2-4-11(5-3-10)15(21)24/h2-8H,9H2,1H3,(H2,21,24)(H,22,26). The van der Waals surface area contributed by atoms with Crippen LogP contribution in [-0.4, -0.2) is 22.7 Å². The minimum Gasteiger partial charge on any atom is -0.366 e. The highest BCUT2D eigenvalue weighted by Crippen LogP contribution is 2.35. The Balaban J connectivity index is 1.87. The largest absolute Gasteiger partial charge is 0.366 e. The van der Waals surface area contributed by atoms with Gasteiger partial charge in [-0.2, -0.15) is 0 Å². The molecule has 1 heterocycles. The lowest BCUT2D eigenvalue weighted by molar-refractivity contribution is -0.131. The quantitative estimate of drug-likeness (QED) is 0.784. The smallest absolute Gasteiger partial charge is 0.325 e. The Kier molecular flexibility index (Phi) is 4.64. The van der Waals surface area contributed by atoms with Crippen molar-refractivity contribution in [1.29, 1.82) is 0 Å². The first kappa shape index (κ1) is 18.2. The van der Waals surface area contributed by atoms with Crippen molar-refractivity contribution in [3.63, 3.8) is 0 Å². The summed E-state index contributed by atoms with van der Waals surface area (Å²) in [5.41, 5.74) is 5.42. The molecule has 8 heteroatoms. The number of urea groups is 1. The molecule has 1 fully saturated rings. The minimum absolute atomic E-state index is 0.0600. The lowest BCUT2D eigenvalue weighted by Gasteiger charge is -2.23. The lowest BCUT2D eigenvalue weighted by Crippen LogP contribution is -2.41. The number of carbonyl (C=O) groups excluding carboxylic acids is 3. The van der Waals surface area contributed by atoms with Crippen LogP contribution in [0.2, 0.25) is 10.0 Å². The fourth-order valence-electron chi connectivity index (χ4n) is 2.88. The highest BCUT2D eigenvalue weighted by Gasteiger charge is 2.49. The Bertz CT molecular complexity index is 914. The molecule has 1 unspecified atom stereocenters. The molecular weight excluding hydrogens is 377 g/mol. The van der Waals surface area contributed by atoms with Gasteiger partial charge in [-0.05, 0) is 36.8 Å². The molecule has 1 aliphatic rings. The zero-order valence-corrected chi connectivity index (χ0v) is 15.3. The third kappa shape index (κ3) is 3.13. The molecular formula is C18H15Cl2N3O3. The molecule has 0 saturated carbocycles. The molecule has 2 aromatic rings. The van der Waals surface area contributed by atoms with Gasteiger partial charge in [0.15, 0.2) is 0 Å². The number of nitrogens with two attached hydrogens (primary N) is 1. The number of halogens is 2. The molecule has 3 N–H and O–H groups in total. The molecule has 1 aliphatic heterocycles. The summed E-state index contributed by atoms with van der Waals surface area (Å²) in [6.45, 7) is 1.66. The van der Waals surface area contributed by atoms with Crippen LogP contribution in [0.15, 0.2) is 42.5 Å². The number of carbonyl (C=O) groups is 3. The normalized spacial score (nSPS) is 19.6. The molecule has 0 aliphatic carbocycles. The predicted molar refractivity (Wildman–Crippen MR) is 97.9 cm³/mol. The maximum Gasteiger partial charge on any atom is 0.325 e. The summed E-state index contributed by atoms with van der Waals surface area (Å²) >= 11 is 12.1. The second-order valence-electron chi connectivity index (χ2n) is 6.13. The number of primary amides is 1. The second kappa shape index (κ2) is 6.63. The molecule has 0 bridgehead atoms. The summed E-state index contributed by atoms with van der Waals surface area (Å²) in [5, 5.41) is 3.42. The van der Waals surface area contributed by atoms with Gasteiger partial charge in [-0.15, -0.1) is 0 Å². The van der Waals surface area contributed by atoms with Crippen LogP contribution in [0.5, 0.6) is 0 Å². The topological polar surface area (TPSA) is 92.5 Å². The Morgan fingerprint density at radius 1 is 1.15 bits per heavy atom. The van der Waals surface area contributed by atoms with Crippen molar-refractivity contribution in [2.45, 2.75) is 19.0 Å². The first-order chi connectivity index (χ1) is 12.2. The van der Waals surface area contributed by atoms with Crippen molar-refractivity contribution in [2.75, 3.05) is 0 Å². The molecule has 6 nitrogen and oxygen atoms in total. The van der Waals surface area contributed by atoms with Crippen LogP contribution in [0, 0.1) is 0 Å². The Hall–Kier alpha value is -2.57. The Morgan fingerprint density at radius 2 is 1.81 bits per heavy atom. The summed E-state index contributed by atoms with van der Waals surface area (Å²) in [4.78, 5) is 37.5. The van der Waals surface area contributed by atoms with Crippen molar-refractivity contribution in [2.24, 2.45) is 5.73 Å². The maximum atomic E-state index is 12.9. The van der Waals surface area contributed by atoms with Crippen LogP contribution in [0.3, 0.4) is 0 Å². The summed E-state index contributed by atoms with van der Waals surface area (Å²) < 4.78 is 0. The third-order valence-electron chi connectivity index (χ3n) is 4.32. The molecule has 4 amide bonds. The monoisotopic (exact) mass is 391 g/mol. The van der Waals surface area contributed by atoms with Crippen LogP contribution in [0.1, 0.15) is 28.4 Å². The molecule has 0 spiro atoms. The summed E-state index contributed by atoms with van der Waals surface area (Å²) in [5.74, 6) is -0.970. The number of nitrogens with one attached hydrogen (secondary N) is 1. The van der Waals surface area contributed by atoms with Gasteiger partial charge in [0.05, 0.1) is 6.54 Å². The fourth-order valence-corrected chi connectivity index (χ4v) is 3.47. The molecule has 0 aromatic heterocycles. The van der Waals surface area contributed by atoms with E-state index in [1.165, 1.54) is 6.07 Å². The zero-order chi connectivity index (χ0) is 19.1. The molecule has 2 aromatic carbocycles. The number of imide groups is 1. The van der Waals surface area contributed by atoms with Gasteiger partial charge in [-0.3, -0.25) is 14.5 Å². The average Bonchev–Trinajstić information content (AvgIpc) is 2.79. The summed E-state index contributed by atoms with van der Waals surface area (Å²) in [7, 11) is 0. The number of hydrogen-bond acceptors (Lipinski definition) is 3. The number of hydrogen-bond donors (Lipinski definition) is 2.